The van der Waals surface area contributed by atoms with Gasteiger partial charge in [0.2, 0.25) is 6.39 Å². The molecule has 2 rings (SSSR count). The third-order valence-corrected chi connectivity index (χ3v) is 3.04. The minimum atomic E-state index is 0.627. The average molecular weight is 195 g/mol. The van der Waals surface area contributed by atoms with Gasteiger partial charge in [0, 0.05) is 6.04 Å². The first-order valence-corrected chi connectivity index (χ1v) is 5.35. The van der Waals surface area contributed by atoms with E-state index in [1.54, 1.807) is 0 Å². The summed E-state index contributed by atoms with van der Waals surface area (Å²) in [5.74, 6) is 1.53. The molecule has 0 amide bonds. The molecule has 0 aromatic carbocycles. The Morgan fingerprint density at radius 3 is 3.07 bits per heavy atom. The summed E-state index contributed by atoms with van der Waals surface area (Å²) < 4.78 is 4.68. The molecule has 1 aromatic rings. The lowest BCUT2D eigenvalue weighted by molar-refractivity contribution is 0.276. The second-order valence-corrected chi connectivity index (χ2v) is 4.10. The Morgan fingerprint density at radius 1 is 1.50 bits per heavy atom. The van der Waals surface area contributed by atoms with Crippen molar-refractivity contribution >= 4 is 0 Å². The topological polar surface area (TPSA) is 51.0 Å². The van der Waals surface area contributed by atoms with Crippen molar-refractivity contribution < 1.29 is 4.52 Å². The molecular formula is C10H17N3O. The first kappa shape index (κ1) is 9.65. The van der Waals surface area contributed by atoms with Crippen molar-refractivity contribution in [2.24, 2.45) is 5.92 Å². The molecule has 0 bridgehead atoms. The molecule has 1 heterocycles. The molecule has 1 fully saturated rings. The van der Waals surface area contributed by atoms with Gasteiger partial charge in [0.25, 0.3) is 0 Å². The highest BCUT2D eigenvalue weighted by Crippen LogP contribution is 2.23. The first-order valence-electron chi connectivity index (χ1n) is 5.35. The third kappa shape index (κ3) is 2.32. The fraction of sp³-hybridized carbons (Fsp3) is 0.800. The van der Waals surface area contributed by atoms with E-state index in [4.69, 9.17) is 0 Å². The minimum absolute atomic E-state index is 0.627. The highest BCUT2D eigenvalue weighted by molar-refractivity contribution is 4.82. The molecule has 4 nitrogen and oxygen atoms in total. The van der Waals surface area contributed by atoms with E-state index >= 15 is 0 Å². The Hall–Kier alpha value is -0.900. The first-order chi connectivity index (χ1) is 6.86. The number of hydrogen-bond acceptors (Lipinski definition) is 4. The Labute approximate surface area is 84.1 Å². The predicted molar refractivity (Wildman–Crippen MR) is 52.6 cm³/mol. The molecule has 2 unspecified atom stereocenters. The van der Waals surface area contributed by atoms with Gasteiger partial charge in [-0.25, -0.2) is 0 Å². The van der Waals surface area contributed by atoms with Gasteiger partial charge in [-0.1, -0.05) is 24.9 Å². The molecule has 14 heavy (non-hydrogen) atoms. The van der Waals surface area contributed by atoms with E-state index < -0.39 is 0 Å². The number of nitrogens with zero attached hydrogens (tertiary/aromatic N) is 2. The van der Waals surface area contributed by atoms with Gasteiger partial charge in [0.05, 0.1) is 6.54 Å². The molecule has 0 spiro atoms. The van der Waals surface area contributed by atoms with E-state index in [0.29, 0.717) is 6.04 Å². The molecule has 78 valence electrons. The number of nitrogens with one attached hydrogen (secondary N) is 1. The molecule has 2 atom stereocenters. The van der Waals surface area contributed by atoms with Crippen LogP contribution in [0.5, 0.6) is 0 Å². The van der Waals surface area contributed by atoms with Crippen LogP contribution in [0.15, 0.2) is 10.9 Å². The molecule has 0 aliphatic heterocycles. The van der Waals surface area contributed by atoms with Crippen molar-refractivity contribution in [3.63, 3.8) is 0 Å². The zero-order valence-electron chi connectivity index (χ0n) is 8.57. The van der Waals surface area contributed by atoms with Gasteiger partial charge in [-0.2, -0.15) is 4.98 Å². The summed E-state index contributed by atoms with van der Waals surface area (Å²) in [4.78, 5) is 3.99. The Bertz CT molecular complexity index is 260. The van der Waals surface area contributed by atoms with Crippen LogP contribution in [0, 0.1) is 5.92 Å². The van der Waals surface area contributed by atoms with Gasteiger partial charge in [-0.15, -0.1) is 0 Å². The van der Waals surface area contributed by atoms with Gasteiger partial charge in [0.1, 0.15) is 0 Å². The highest BCUT2D eigenvalue weighted by Gasteiger charge is 2.20. The van der Waals surface area contributed by atoms with Crippen LogP contribution in [-0.4, -0.2) is 16.2 Å². The monoisotopic (exact) mass is 195 g/mol. The van der Waals surface area contributed by atoms with Gasteiger partial charge < -0.3 is 9.84 Å². The summed E-state index contributed by atoms with van der Waals surface area (Å²) >= 11 is 0. The molecule has 1 aliphatic rings. The average Bonchev–Trinajstić information content (AvgIpc) is 2.69. The Kier molecular flexibility index (Phi) is 3.14. The molecule has 1 N–H and O–H groups in total. The van der Waals surface area contributed by atoms with E-state index in [0.717, 1.165) is 18.3 Å². The van der Waals surface area contributed by atoms with Crippen LogP contribution >= 0.6 is 0 Å². The summed E-state index contributed by atoms with van der Waals surface area (Å²) in [7, 11) is 0. The Balaban J connectivity index is 1.79. The van der Waals surface area contributed by atoms with Crippen LogP contribution in [-0.2, 0) is 6.54 Å². The Morgan fingerprint density at radius 2 is 2.36 bits per heavy atom. The van der Waals surface area contributed by atoms with Gasteiger partial charge in [-0.05, 0) is 18.8 Å². The normalized spacial score (nSPS) is 27.8. The van der Waals surface area contributed by atoms with Gasteiger partial charge in [0.15, 0.2) is 5.82 Å². The predicted octanol–water partition coefficient (Wildman–Crippen LogP) is 1.74. The molecule has 0 saturated heterocycles. The fourth-order valence-electron chi connectivity index (χ4n) is 2.11. The molecule has 1 aliphatic carbocycles. The van der Waals surface area contributed by atoms with Crippen molar-refractivity contribution in [1.82, 2.24) is 15.5 Å². The van der Waals surface area contributed by atoms with Crippen LogP contribution in [0.2, 0.25) is 0 Å². The maximum absolute atomic E-state index is 4.68. The van der Waals surface area contributed by atoms with E-state index in [1.807, 2.05) is 0 Å². The van der Waals surface area contributed by atoms with Crippen LogP contribution < -0.4 is 5.32 Å². The molecular weight excluding hydrogens is 178 g/mol. The van der Waals surface area contributed by atoms with Crippen molar-refractivity contribution in [1.29, 1.82) is 0 Å². The summed E-state index contributed by atoms with van der Waals surface area (Å²) in [6.07, 6.45) is 6.71. The second-order valence-electron chi connectivity index (χ2n) is 4.10. The van der Waals surface area contributed by atoms with Crippen LogP contribution in [0.4, 0.5) is 0 Å². The zero-order valence-corrected chi connectivity index (χ0v) is 8.57. The minimum Gasteiger partial charge on any atom is -0.343 e. The summed E-state index contributed by atoms with van der Waals surface area (Å²) in [6.45, 7) is 3.04. The number of hydrogen-bond donors (Lipinski definition) is 1. The van der Waals surface area contributed by atoms with Crippen LogP contribution in [0.3, 0.4) is 0 Å². The van der Waals surface area contributed by atoms with Gasteiger partial charge >= 0.3 is 0 Å². The lowest BCUT2D eigenvalue weighted by Crippen LogP contribution is -2.36. The molecule has 1 saturated carbocycles. The summed E-state index contributed by atoms with van der Waals surface area (Å²) in [6, 6.07) is 0.627. The van der Waals surface area contributed by atoms with E-state index in [2.05, 4.69) is 26.9 Å². The quantitative estimate of drug-likeness (QED) is 0.798. The molecule has 4 heteroatoms. The van der Waals surface area contributed by atoms with Gasteiger partial charge in [-0.3, -0.25) is 0 Å². The lowest BCUT2D eigenvalue weighted by atomic mass is 9.86. The SMILES string of the molecule is CC1CCCCC1NCc1ncon1. The second kappa shape index (κ2) is 4.55. The molecule has 0 radical (unpaired) electrons. The van der Waals surface area contributed by atoms with Crippen molar-refractivity contribution in [2.45, 2.75) is 45.2 Å². The zero-order chi connectivity index (χ0) is 9.80. The molecule has 1 aromatic heterocycles. The fourth-order valence-corrected chi connectivity index (χ4v) is 2.11. The van der Waals surface area contributed by atoms with Crippen molar-refractivity contribution in [3.8, 4) is 0 Å². The number of rotatable bonds is 3. The summed E-state index contributed by atoms with van der Waals surface area (Å²) in [5, 5.41) is 7.27. The van der Waals surface area contributed by atoms with Crippen LogP contribution in [0.1, 0.15) is 38.4 Å². The smallest absolute Gasteiger partial charge is 0.213 e. The number of aromatic nitrogens is 2. The standard InChI is InChI=1S/C10H17N3O/c1-8-4-2-3-5-9(8)11-6-10-12-7-14-13-10/h7-9,11H,2-6H2,1H3. The van der Waals surface area contributed by atoms with E-state index in [1.165, 1.54) is 32.1 Å². The van der Waals surface area contributed by atoms with Crippen molar-refractivity contribution in [2.75, 3.05) is 0 Å². The third-order valence-electron chi connectivity index (χ3n) is 3.04. The van der Waals surface area contributed by atoms with Crippen molar-refractivity contribution in [3.05, 3.63) is 12.2 Å². The van der Waals surface area contributed by atoms with E-state index in [9.17, 15) is 0 Å². The summed E-state index contributed by atoms with van der Waals surface area (Å²) in [5.41, 5.74) is 0. The van der Waals surface area contributed by atoms with E-state index in [-0.39, 0.29) is 0 Å². The van der Waals surface area contributed by atoms with Crippen LogP contribution in [0.25, 0.3) is 0 Å². The highest BCUT2D eigenvalue weighted by atomic mass is 16.5. The lowest BCUT2D eigenvalue weighted by Gasteiger charge is -2.29. The maximum atomic E-state index is 4.68. The maximum Gasteiger partial charge on any atom is 0.213 e. The largest absolute Gasteiger partial charge is 0.343 e.